The molecule has 1 saturated heterocycles. The summed E-state index contributed by atoms with van der Waals surface area (Å²) in [6.07, 6.45) is 2.56. The molecule has 3 rings (SSSR count). The lowest BCUT2D eigenvalue weighted by atomic mass is 10.1. The molecule has 6 nitrogen and oxygen atoms in total. The van der Waals surface area contributed by atoms with Gasteiger partial charge >= 0.3 is 0 Å². The zero-order chi connectivity index (χ0) is 20.3. The minimum absolute atomic E-state index is 0.0253. The lowest BCUT2D eigenvalue weighted by Gasteiger charge is -2.32. The van der Waals surface area contributed by atoms with Crippen LogP contribution in [0.5, 0.6) is 5.75 Å². The van der Waals surface area contributed by atoms with E-state index in [0.717, 1.165) is 19.3 Å². The first kappa shape index (κ1) is 20.3. The molecular formula is C20H23FN2O4S. The van der Waals surface area contributed by atoms with Gasteiger partial charge in [0.1, 0.15) is 16.5 Å². The predicted octanol–water partition coefficient (Wildman–Crippen LogP) is 3.65. The van der Waals surface area contributed by atoms with Crippen LogP contribution in [0, 0.1) is 5.82 Å². The number of sulfonamides is 1. The maximum Gasteiger partial charge on any atom is 0.255 e. The van der Waals surface area contributed by atoms with Crippen molar-refractivity contribution in [1.82, 2.24) is 4.31 Å². The van der Waals surface area contributed by atoms with Gasteiger partial charge in [0.05, 0.1) is 12.8 Å². The van der Waals surface area contributed by atoms with Gasteiger partial charge in [0.15, 0.2) is 0 Å². The molecule has 1 fully saturated rings. The Bertz CT molecular complexity index is 978. The van der Waals surface area contributed by atoms with Gasteiger partial charge in [-0.15, -0.1) is 0 Å². The van der Waals surface area contributed by atoms with Crippen LogP contribution < -0.4 is 10.1 Å². The number of carbonyl (C=O) groups is 1. The molecule has 28 heavy (non-hydrogen) atoms. The molecule has 8 heteroatoms. The van der Waals surface area contributed by atoms with Crippen LogP contribution in [0.2, 0.25) is 0 Å². The van der Waals surface area contributed by atoms with Crippen molar-refractivity contribution in [3.63, 3.8) is 0 Å². The molecule has 0 radical (unpaired) electrons. The molecule has 150 valence electrons. The Morgan fingerprint density at radius 3 is 2.64 bits per heavy atom. The third kappa shape index (κ3) is 4.02. The first-order chi connectivity index (χ1) is 13.3. The monoisotopic (exact) mass is 406 g/mol. The number of anilines is 1. The molecule has 2 aromatic carbocycles. The summed E-state index contributed by atoms with van der Waals surface area (Å²) in [6, 6.07) is 9.83. The number of nitrogens with one attached hydrogen (secondary N) is 1. The number of rotatable bonds is 5. The van der Waals surface area contributed by atoms with Crippen LogP contribution in [0.15, 0.2) is 47.4 Å². The van der Waals surface area contributed by atoms with Gasteiger partial charge in [0.2, 0.25) is 10.0 Å². The minimum Gasteiger partial charge on any atom is -0.495 e. The molecular weight excluding hydrogens is 383 g/mol. The highest BCUT2D eigenvalue weighted by atomic mass is 32.2. The van der Waals surface area contributed by atoms with Crippen molar-refractivity contribution in [2.45, 2.75) is 37.1 Å². The largest absolute Gasteiger partial charge is 0.495 e. The quantitative estimate of drug-likeness (QED) is 0.822. The van der Waals surface area contributed by atoms with Gasteiger partial charge in [-0.25, -0.2) is 12.8 Å². The summed E-state index contributed by atoms with van der Waals surface area (Å²) in [7, 11) is -2.45. The highest BCUT2D eigenvalue weighted by Gasteiger charge is 2.33. The molecule has 0 spiro atoms. The Labute approximate surface area is 164 Å². The Hall–Kier alpha value is -2.45. The van der Waals surface area contributed by atoms with Crippen molar-refractivity contribution < 1.29 is 22.3 Å². The van der Waals surface area contributed by atoms with Crippen LogP contribution in [-0.2, 0) is 10.0 Å². The van der Waals surface area contributed by atoms with E-state index in [0.29, 0.717) is 6.54 Å². The lowest BCUT2D eigenvalue weighted by Crippen LogP contribution is -2.42. The summed E-state index contributed by atoms with van der Waals surface area (Å²) in [4.78, 5) is 12.5. The van der Waals surface area contributed by atoms with Gasteiger partial charge in [-0.3, -0.25) is 4.79 Å². The molecule has 1 aliphatic rings. The van der Waals surface area contributed by atoms with Crippen LogP contribution in [-0.4, -0.2) is 38.3 Å². The SMILES string of the molecule is COc1ccc(C(=O)Nc2ccccc2F)cc1S(=O)(=O)N1CCCC[C@@H]1C. The average Bonchev–Trinajstić information content (AvgIpc) is 2.69. The van der Waals surface area contributed by atoms with Crippen molar-refractivity contribution in [3.05, 3.63) is 53.8 Å². The van der Waals surface area contributed by atoms with Crippen LogP contribution in [0.25, 0.3) is 0 Å². The molecule has 0 aromatic heterocycles. The van der Waals surface area contributed by atoms with Crippen molar-refractivity contribution in [2.75, 3.05) is 19.0 Å². The molecule has 1 aliphatic heterocycles. The topological polar surface area (TPSA) is 75.7 Å². The van der Waals surface area contributed by atoms with Crippen molar-refractivity contribution >= 4 is 21.6 Å². The first-order valence-corrected chi connectivity index (χ1v) is 10.5. The van der Waals surface area contributed by atoms with Crippen LogP contribution in [0.4, 0.5) is 10.1 Å². The summed E-state index contributed by atoms with van der Waals surface area (Å²) in [5.74, 6) is -1.00. The number of ether oxygens (including phenoxy) is 1. The predicted molar refractivity (Wildman–Crippen MR) is 105 cm³/mol. The molecule has 1 amide bonds. The average molecular weight is 406 g/mol. The van der Waals surface area contributed by atoms with Gasteiger partial charge < -0.3 is 10.1 Å². The minimum atomic E-state index is -3.84. The van der Waals surface area contributed by atoms with Crippen LogP contribution in [0.3, 0.4) is 0 Å². The molecule has 1 N–H and O–H groups in total. The molecule has 0 unspecified atom stereocenters. The Balaban J connectivity index is 1.96. The van der Waals surface area contributed by atoms with Crippen molar-refractivity contribution in [3.8, 4) is 5.75 Å². The van der Waals surface area contributed by atoms with Gasteiger partial charge in [-0.2, -0.15) is 4.31 Å². The molecule has 1 atom stereocenters. The highest BCUT2D eigenvalue weighted by Crippen LogP contribution is 2.32. The smallest absolute Gasteiger partial charge is 0.255 e. The second-order valence-electron chi connectivity index (χ2n) is 6.76. The number of amides is 1. The number of carbonyl (C=O) groups excluding carboxylic acids is 1. The summed E-state index contributed by atoms with van der Waals surface area (Å²) >= 11 is 0. The van der Waals surface area contributed by atoms with Gasteiger partial charge in [-0.1, -0.05) is 18.6 Å². The van der Waals surface area contributed by atoms with Gasteiger partial charge in [0.25, 0.3) is 5.91 Å². The van der Waals surface area contributed by atoms with Crippen molar-refractivity contribution in [1.29, 1.82) is 0 Å². The fourth-order valence-electron chi connectivity index (χ4n) is 3.33. The molecule has 0 saturated carbocycles. The van der Waals surface area contributed by atoms with E-state index in [1.54, 1.807) is 6.07 Å². The number of methoxy groups -OCH3 is 1. The molecule has 0 bridgehead atoms. The Kier molecular flexibility index (Phi) is 6.00. The zero-order valence-corrected chi connectivity index (χ0v) is 16.6. The first-order valence-electron chi connectivity index (χ1n) is 9.10. The molecule has 2 aromatic rings. The zero-order valence-electron chi connectivity index (χ0n) is 15.8. The Morgan fingerprint density at radius 2 is 1.96 bits per heavy atom. The normalized spacial score (nSPS) is 17.9. The number of piperidine rings is 1. The maximum atomic E-state index is 13.8. The number of para-hydroxylation sites is 1. The number of benzene rings is 2. The summed E-state index contributed by atoms with van der Waals surface area (Å²) < 4.78 is 46.9. The number of hydrogen-bond donors (Lipinski definition) is 1. The number of nitrogens with zero attached hydrogens (tertiary/aromatic N) is 1. The standard InChI is InChI=1S/C20H23FN2O4S/c1-14-7-5-6-12-23(14)28(25,26)19-13-15(10-11-18(19)27-2)20(24)22-17-9-4-3-8-16(17)21/h3-4,8-11,13-14H,5-7,12H2,1-2H3,(H,22,24)/t14-/m0/s1. The van der Waals surface area contributed by atoms with Gasteiger partial charge in [0, 0.05) is 18.2 Å². The summed E-state index contributed by atoms with van der Waals surface area (Å²) in [5.41, 5.74) is 0.129. The second kappa shape index (κ2) is 8.28. The second-order valence-corrected chi connectivity index (χ2v) is 8.62. The number of halogens is 1. The van der Waals surface area contributed by atoms with E-state index in [4.69, 9.17) is 4.74 Å². The maximum absolute atomic E-state index is 13.8. The third-order valence-electron chi connectivity index (χ3n) is 4.88. The fourth-order valence-corrected chi connectivity index (χ4v) is 5.21. The van der Waals surface area contributed by atoms with E-state index in [1.807, 2.05) is 6.92 Å². The van der Waals surface area contributed by atoms with E-state index in [1.165, 1.54) is 47.8 Å². The van der Waals surface area contributed by atoms with Crippen LogP contribution in [0.1, 0.15) is 36.5 Å². The Morgan fingerprint density at radius 1 is 1.21 bits per heavy atom. The van der Waals surface area contributed by atoms with E-state index < -0.39 is 21.7 Å². The van der Waals surface area contributed by atoms with E-state index in [-0.39, 0.29) is 27.9 Å². The van der Waals surface area contributed by atoms with E-state index in [9.17, 15) is 17.6 Å². The van der Waals surface area contributed by atoms with Gasteiger partial charge in [-0.05, 0) is 50.1 Å². The number of hydrogen-bond acceptors (Lipinski definition) is 4. The summed E-state index contributed by atoms with van der Waals surface area (Å²) in [6.45, 7) is 2.30. The molecule has 1 heterocycles. The van der Waals surface area contributed by atoms with E-state index >= 15 is 0 Å². The lowest BCUT2D eigenvalue weighted by molar-refractivity contribution is 0.102. The van der Waals surface area contributed by atoms with E-state index in [2.05, 4.69) is 5.32 Å². The highest BCUT2D eigenvalue weighted by molar-refractivity contribution is 7.89. The molecule has 0 aliphatic carbocycles. The van der Waals surface area contributed by atoms with Crippen LogP contribution >= 0.6 is 0 Å². The fraction of sp³-hybridized carbons (Fsp3) is 0.350. The third-order valence-corrected chi connectivity index (χ3v) is 6.91. The van der Waals surface area contributed by atoms with Crippen molar-refractivity contribution in [2.24, 2.45) is 0 Å². The summed E-state index contributed by atoms with van der Waals surface area (Å²) in [5, 5.41) is 2.47.